The Bertz CT molecular complexity index is 1730. The maximum absolute atomic E-state index is 13.9. The number of Topliss-reactive ketones (excluding diaryl/α,β-unsaturated/α-hetero) is 1. The normalized spacial score (nSPS) is 12.8. The first-order valence-electron chi connectivity index (χ1n) is 13.7. The van der Waals surface area contributed by atoms with Crippen molar-refractivity contribution in [2.45, 2.75) is 6.61 Å². The Morgan fingerprint density at radius 3 is 1.84 bits per heavy atom. The van der Waals surface area contributed by atoms with Gasteiger partial charge in [-0.2, -0.15) is 0 Å². The molecule has 5 rings (SSSR count). The second kappa shape index (κ2) is 13.2. The molecule has 0 saturated carbocycles. The van der Waals surface area contributed by atoms with Crippen LogP contribution in [0.1, 0.15) is 27.0 Å². The Kier molecular flexibility index (Phi) is 8.95. The van der Waals surface area contributed by atoms with Gasteiger partial charge in [-0.05, 0) is 59.2 Å². The van der Waals surface area contributed by atoms with Crippen LogP contribution in [-0.2, 0) is 16.2 Å². The molecule has 0 aliphatic carbocycles. The summed E-state index contributed by atoms with van der Waals surface area (Å²) in [5.74, 6) is 0.636. The lowest BCUT2D eigenvalue weighted by Crippen LogP contribution is -2.36. The summed E-state index contributed by atoms with van der Waals surface area (Å²) < 4.78 is 27.4. The number of methoxy groups -OCH3 is 4. The number of rotatable bonds is 12. The molecule has 44 heavy (non-hydrogen) atoms. The Morgan fingerprint density at radius 2 is 1.20 bits per heavy atom. The number of benzene rings is 4. The summed E-state index contributed by atoms with van der Waals surface area (Å²) in [6, 6.07) is 26.2. The molecule has 0 fully saturated rings. The highest BCUT2D eigenvalue weighted by Gasteiger charge is 2.41. The highest BCUT2D eigenvalue weighted by Crippen LogP contribution is 2.39. The molecule has 1 aliphatic heterocycles. The van der Waals surface area contributed by atoms with Crippen LogP contribution in [0.2, 0.25) is 0 Å². The fourth-order valence-electron chi connectivity index (χ4n) is 4.94. The van der Waals surface area contributed by atoms with Gasteiger partial charge in [-0.25, -0.2) is 0 Å². The number of carbonyl (C=O) groups is 3. The van der Waals surface area contributed by atoms with Gasteiger partial charge in [0, 0.05) is 5.56 Å². The number of carbonyl (C=O) groups excluding carboxylic acids is 3. The van der Waals surface area contributed by atoms with Crippen molar-refractivity contribution in [3.8, 4) is 28.7 Å². The topological polar surface area (TPSA) is 101 Å². The summed E-state index contributed by atoms with van der Waals surface area (Å²) in [5, 5.41) is 0. The fraction of sp³-hybridized carbons (Fsp3) is 0.171. The summed E-state index contributed by atoms with van der Waals surface area (Å²) >= 11 is 0. The van der Waals surface area contributed by atoms with Gasteiger partial charge in [0.05, 0.1) is 46.1 Å². The zero-order valence-electron chi connectivity index (χ0n) is 24.8. The van der Waals surface area contributed by atoms with E-state index >= 15 is 0 Å². The van der Waals surface area contributed by atoms with Crippen LogP contribution >= 0.6 is 0 Å². The van der Waals surface area contributed by atoms with Crippen LogP contribution in [0.4, 0.5) is 0 Å². The summed E-state index contributed by atoms with van der Waals surface area (Å²) in [6.07, 6.45) is 0. The third-order valence-corrected chi connectivity index (χ3v) is 7.24. The Morgan fingerprint density at radius 1 is 0.614 bits per heavy atom. The van der Waals surface area contributed by atoms with Crippen LogP contribution in [0.15, 0.2) is 91.0 Å². The molecule has 0 atom stereocenters. The minimum absolute atomic E-state index is 0.149. The molecule has 0 bridgehead atoms. The van der Waals surface area contributed by atoms with Gasteiger partial charge < -0.3 is 23.7 Å². The summed E-state index contributed by atoms with van der Waals surface area (Å²) in [7, 11) is 6.01. The lowest BCUT2D eigenvalue weighted by atomic mass is 9.96. The van der Waals surface area contributed by atoms with E-state index in [2.05, 4.69) is 0 Å². The quantitative estimate of drug-likeness (QED) is 0.158. The molecule has 1 heterocycles. The lowest BCUT2D eigenvalue weighted by Gasteiger charge is -2.16. The molecule has 4 aromatic carbocycles. The van der Waals surface area contributed by atoms with Crippen molar-refractivity contribution in [1.29, 1.82) is 0 Å². The monoisotopic (exact) mass is 593 g/mol. The van der Waals surface area contributed by atoms with Gasteiger partial charge in [-0.15, -0.1) is 0 Å². The molecule has 224 valence electrons. The van der Waals surface area contributed by atoms with Gasteiger partial charge in [0.25, 0.3) is 11.8 Å². The highest BCUT2D eigenvalue weighted by atomic mass is 16.5. The Labute approximate surface area is 255 Å². The molecule has 2 amide bonds. The average Bonchev–Trinajstić information content (AvgIpc) is 3.32. The molecule has 0 radical (unpaired) electrons. The summed E-state index contributed by atoms with van der Waals surface area (Å²) in [4.78, 5) is 42.2. The van der Waals surface area contributed by atoms with Crippen molar-refractivity contribution in [1.82, 2.24) is 4.90 Å². The third-order valence-electron chi connectivity index (χ3n) is 7.24. The van der Waals surface area contributed by atoms with Crippen molar-refractivity contribution in [3.63, 3.8) is 0 Å². The predicted octanol–water partition coefficient (Wildman–Crippen LogP) is 5.46. The van der Waals surface area contributed by atoms with Crippen molar-refractivity contribution < 1.29 is 38.1 Å². The van der Waals surface area contributed by atoms with Gasteiger partial charge in [0.2, 0.25) is 0 Å². The first-order valence-corrected chi connectivity index (χ1v) is 13.7. The van der Waals surface area contributed by atoms with Crippen LogP contribution < -0.4 is 23.7 Å². The van der Waals surface area contributed by atoms with Gasteiger partial charge in [0.15, 0.2) is 28.8 Å². The fourth-order valence-corrected chi connectivity index (χ4v) is 4.94. The second-order valence-electron chi connectivity index (χ2n) is 9.81. The van der Waals surface area contributed by atoms with Crippen molar-refractivity contribution in [3.05, 3.63) is 113 Å². The standard InChI is InChI=1S/C35H31NO8/c1-40-26-14-10-23(11-15-26)32-33(25-13-16-28(41-2)30(19-25)42-3)35(39)36(34(32)38)20-27(37)24-12-17-29(31(18-24)43-4)44-21-22-8-6-5-7-9-22/h5-19H,20-21H2,1-4H3. The first kappa shape index (κ1) is 29.9. The number of amides is 2. The number of hydrogen-bond acceptors (Lipinski definition) is 8. The maximum atomic E-state index is 13.9. The molecule has 0 N–H and O–H groups in total. The van der Waals surface area contributed by atoms with E-state index in [-0.39, 0.29) is 16.7 Å². The van der Waals surface area contributed by atoms with E-state index < -0.39 is 24.1 Å². The van der Waals surface area contributed by atoms with E-state index in [1.807, 2.05) is 30.3 Å². The number of nitrogens with zero attached hydrogens (tertiary/aromatic N) is 1. The smallest absolute Gasteiger partial charge is 0.262 e. The molecule has 1 aliphatic rings. The van der Waals surface area contributed by atoms with Gasteiger partial charge in [-0.3, -0.25) is 19.3 Å². The zero-order valence-corrected chi connectivity index (χ0v) is 24.8. The largest absolute Gasteiger partial charge is 0.497 e. The minimum Gasteiger partial charge on any atom is -0.497 e. The summed E-state index contributed by atoms with van der Waals surface area (Å²) in [6.45, 7) is -0.151. The maximum Gasteiger partial charge on any atom is 0.262 e. The molecular formula is C35H31NO8. The van der Waals surface area contributed by atoms with Crippen molar-refractivity contribution in [2.24, 2.45) is 0 Å². The van der Waals surface area contributed by atoms with Crippen LogP contribution in [0.5, 0.6) is 28.7 Å². The molecule has 9 heteroatoms. The van der Waals surface area contributed by atoms with E-state index in [4.69, 9.17) is 23.7 Å². The number of imide groups is 1. The molecule has 4 aromatic rings. The highest BCUT2D eigenvalue weighted by molar-refractivity contribution is 6.49. The van der Waals surface area contributed by atoms with Crippen LogP contribution in [0, 0.1) is 0 Å². The molecule has 0 aromatic heterocycles. The summed E-state index contributed by atoms with van der Waals surface area (Å²) in [5.41, 5.74) is 2.51. The third kappa shape index (κ3) is 5.98. The van der Waals surface area contributed by atoms with Crippen LogP contribution in [-0.4, -0.2) is 57.5 Å². The van der Waals surface area contributed by atoms with E-state index in [0.717, 1.165) is 10.5 Å². The van der Waals surface area contributed by atoms with Gasteiger partial charge in [-0.1, -0.05) is 48.5 Å². The minimum atomic E-state index is -0.601. The van der Waals surface area contributed by atoms with E-state index in [9.17, 15) is 14.4 Å². The number of ether oxygens (including phenoxy) is 5. The molecule has 9 nitrogen and oxygen atoms in total. The zero-order chi connectivity index (χ0) is 31.2. The Hall–Kier alpha value is -5.57. The van der Waals surface area contributed by atoms with Crippen molar-refractivity contribution in [2.75, 3.05) is 35.0 Å². The van der Waals surface area contributed by atoms with Crippen LogP contribution in [0.3, 0.4) is 0 Å². The molecule has 0 spiro atoms. The molecule has 0 saturated heterocycles. The van der Waals surface area contributed by atoms with E-state index in [1.54, 1.807) is 60.7 Å². The second-order valence-corrected chi connectivity index (χ2v) is 9.81. The molecule has 0 unspecified atom stereocenters. The average molecular weight is 594 g/mol. The van der Waals surface area contributed by atoms with E-state index in [1.165, 1.54) is 28.4 Å². The van der Waals surface area contributed by atoms with Crippen LogP contribution in [0.25, 0.3) is 11.1 Å². The molecular weight excluding hydrogens is 562 g/mol. The number of ketones is 1. The Balaban J connectivity index is 1.44. The van der Waals surface area contributed by atoms with E-state index in [0.29, 0.717) is 46.5 Å². The number of hydrogen-bond donors (Lipinski definition) is 0. The van der Waals surface area contributed by atoms with Gasteiger partial charge >= 0.3 is 0 Å². The predicted molar refractivity (Wildman–Crippen MR) is 164 cm³/mol. The first-order chi connectivity index (χ1) is 21.4. The SMILES string of the molecule is COc1ccc(C2=C(c3ccc(OC)c(OC)c3)C(=O)N(CC(=O)c3ccc(OCc4ccccc4)c(OC)c3)C2=O)cc1. The lowest BCUT2D eigenvalue weighted by molar-refractivity contribution is -0.135. The van der Waals surface area contributed by atoms with Crippen molar-refractivity contribution >= 4 is 28.7 Å². The van der Waals surface area contributed by atoms with Gasteiger partial charge in [0.1, 0.15) is 12.4 Å².